The van der Waals surface area contributed by atoms with Gasteiger partial charge in [-0.15, -0.1) is 11.3 Å². The van der Waals surface area contributed by atoms with Crippen LogP contribution in [-0.4, -0.2) is 44.3 Å². The standard InChI is InChI=1S/C23H28N2O5S2/c1-3-30-23(27)20-19(16-8-9-16)14-31-22(20)24-21(26)18-13-17(10-7-15(18)2)32(28,29)25-11-5-4-6-12-25/h7,10,13-14,16H,3-6,8-9,11-12H2,1-2H3,(H,24,26). The minimum absolute atomic E-state index is 0.116. The Morgan fingerprint density at radius 2 is 1.91 bits per heavy atom. The molecule has 0 unspecified atom stereocenters. The molecule has 0 atom stereocenters. The van der Waals surface area contributed by atoms with Crippen molar-refractivity contribution >= 4 is 38.2 Å². The van der Waals surface area contributed by atoms with Crippen LogP contribution in [0.25, 0.3) is 0 Å². The second-order valence-electron chi connectivity index (χ2n) is 8.29. The van der Waals surface area contributed by atoms with E-state index < -0.39 is 21.9 Å². The smallest absolute Gasteiger partial charge is 0.341 e. The van der Waals surface area contributed by atoms with E-state index in [1.807, 2.05) is 5.38 Å². The number of ether oxygens (including phenoxy) is 1. The molecule has 1 N–H and O–H groups in total. The number of nitrogens with one attached hydrogen (secondary N) is 1. The molecule has 2 heterocycles. The molecule has 9 heteroatoms. The van der Waals surface area contributed by atoms with Gasteiger partial charge in [-0.1, -0.05) is 12.5 Å². The first kappa shape index (κ1) is 22.9. The molecule has 1 aromatic heterocycles. The molecular weight excluding hydrogens is 448 g/mol. The Labute approximate surface area is 192 Å². The van der Waals surface area contributed by atoms with Crippen LogP contribution in [0, 0.1) is 6.92 Å². The fourth-order valence-electron chi connectivity index (χ4n) is 4.00. The van der Waals surface area contributed by atoms with Crippen LogP contribution in [0.15, 0.2) is 28.5 Å². The van der Waals surface area contributed by atoms with E-state index >= 15 is 0 Å². The van der Waals surface area contributed by atoms with Crippen molar-refractivity contribution in [2.24, 2.45) is 0 Å². The summed E-state index contributed by atoms with van der Waals surface area (Å²) in [7, 11) is -3.65. The molecule has 4 rings (SSSR count). The maximum absolute atomic E-state index is 13.2. The summed E-state index contributed by atoms with van der Waals surface area (Å²) in [5.74, 6) is -0.548. The van der Waals surface area contributed by atoms with Crippen LogP contribution in [0.1, 0.15) is 76.8 Å². The van der Waals surface area contributed by atoms with Crippen molar-refractivity contribution < 1.29 is 22.7 Å². The Balaban J connectivity index is 1.62. The molecule has 2 aliphatic rings. The zero-order valence-corrected chi connectivity index (χ0v) is 20.0. The van der Waals surface area contributed by atoms with Crippen molar-refractivity contribution in [1.29, 1.82) is 0 Å². The Kier molecular flexibility index (Phi) is 6.69. The van der Waals surface area contributed by atoms with Gasteiger partial charge < -0.3 is 10.1 Å². The number of anilines is 1. The van der Waals surface area contributed by atoms with Crippen LogP contribution < -0.4 is 5.32 Å². The van der Waals surface area contributed by atoms with Gasteiger partial charge in [-0.3, -0.25) is 4.79 Å². The Bertz CT molecular complexity index is 1130. The number of amides is 1. The summed E-state index contributed by atoms with van der Waals surface area (Å²) in [6.07, 6.45) is 4.76. The maximum atomic E-state index is 13.2. The van der Waals surface area contributed by atoms with E-state index in [1.165, 1.54) is 21.7 Å². The molecule has 1 amide bonds. The first-order valence-electron chi connectivity index (χ1n) is 11.0. The average Bonchev–Trinajstić information content (AvgIpc) is 3.54. The molecular formula is C23H28N2O5S2. The van der Waals surface area contributed by atoms with Crippen LogP contribution >= 0.6 is 11.3 Å². The summed E-state index contributed by atoms with van der Waals surface area (Å²) in [5, 5.41) is 5.19. The van der Waals surface area contributed by atoms with Gasteiger partial charge in [0.1, 0.15) is 5.00 Å². The molecule has 1 aliphatic heterocycles. The van der Waals surface area contributed by atoms with Gasteiger partial charge in [0.2, 0.25) is 10.0 Å². The van der Waals surface area contributed by atoms with Crippen molar-refractivity contribution in [3.05, 3.63) is 45.8 Å². The number of esters is 1. The number of rotatable bonds is 7. The van der Waals surface area contributed by atoms with Gasteiger partial charge in [0.25, 0.3) is 5.91 Å². The molecule has 0 radical (unpaired) electrons. The third-order valence-electron chi connectivity index (χ3n) is 5.95. The number of carbonyl (C=O) groups is 2. The molecule has 32 heavy (non-hydrogen) atoms. The topological polar surface area (TPSA) is 92.8 Å². The number of hydrogen-bond acceptors (Lipinski definition) is 6. The van der Waals surface area contributed by atoms with Gasteiger partial charge in [-0.2, -0.15) is 4.31 Å². The molecule has 1 aromatic carbocycles. The molecule has 0 bridgehead atoms. The van der Waals surface area contributed by atoms with E-state index in [4.69, 9.17) is 4.74 Å². The van der Waals surface area contributed by atoms with Crippen LogP contribution in [0.4, 0.5) is 5.00 Å². The van der Waals surface area contributed by atoms with E-state index in [0.717, 1.165) is 37.7 Å². The summed E-state index contributed by atoms with van der Waals surface area (Å²) >= 11 is 1.30. The van der Waals surface area contributed by atoms with Crippen LogP contribution in [0.2, 0.25) is 0 Å². The van der Waals surface area contributed by atoms with Crippen molar-refractivity contribution in [1.82, 2.24) is 4.31 Å². The zero-order chi connectivity index (χ0) is 22.9. The number of aryl methyl sites for hydroxylation is 1. The van der Waals surface area contributed by atoms with Crippen LogP contribution in [0.5, 0.6) is 0 Å². The zero-order valence-electron chi connectivity index (χ0n) is 18.3. The Morgan fingerprint density at radius 3 is 2.56 bits per heavy atom. The molecule has 1 saturated carbocycles. The lowest BCUT2D eigenvalue weighted by Gasteiger charge is -2.26. The molecule has 172 valence electrons. The van der Waals surface area contributed by atoms with E-state index in [2.05, 4.69) is 5.32 Å². The summed E-state index contributed by atoms with van der Waals surface area (Å²) in [6, 6.07) is 4.65. The first-order valence-corrected chi connectivity index (χ1v) is 13.4. The highest BCUT2D eigenvalue weighted by Crippen LogP contribution is 2.46. The fraction of sp³-hybridized carbons (Fsp3) is 0.478. The Morgan fingerprint density at radius 1 is 1.19 bits per heavy atom. The Hall–Kier alpha value is -2.23. The second kappa shape index (κ2) is 9.33. The molecule has 7 nitrogen and oxygen atoms in total. The molecule has 1 aliphatic carbocycles. The highest BCUT2D eigenvalue weighted by Gasteiger charge is 2.33. The molecule has 2 fully saturated rings. The van der Waals surface area contributed by atoms with Gasteiger partial charge >= 0.3 is 5.97 Å². The summed E-state index contributed by atoms with van der Waals surface area (Å²) in [5.41, 5.74) is 2.28. The van der Waals surface area contributed by atoms with Crippen molar-refractivity contribution in [2.75, 3.05) is 25.0 Å². The van der Waals surface area contributed by atoms with E-state index in [9.17, 15) is 18.0 Å². The number of nitrogens with zero attached hydrogens (tertiary/aromatic N) is 1. The third kappa shape index (κ3) is 4.60. The van der Waals surface area contributed by atoms with Gasteiger partial charge in [0.15, 0.2) is 0 Å². The number of sulfonamides is 1. The number of thiophene rings is 1. The van der Waals surface area contributed by atoms with Crippen molar-refractivity contribution in [3.8, 4) is 0 Å². The minimum atomic E-state index is -3.65. The predicted octanol–water partition coefficient (Wildman–Crippen LogP) is 4.54. The highest BCUT2D eigenvalue weighted by molar-refractivity contribution is 7.89. The van der Waals surface area contributed by atoms with Gasteiger partial charge in [-0.25, -0.2) is 13.2 Å². The normalized spacial score (nSPS) is 17.2. The predicted molar refractivity (Wildman–Crippen MR) is 124 cm³/mol. The van der Waals surface area contributed by atoms with E-state index in [-0.39, 0.29) is 17.1 Å². The monoisotopic (exact) mass is 476 g/mol. The first-order chi connectivity index (χ1) is 15.3. The van der Waals surface area contributed by atoms with E-state index in [1.54, 1.807) is 26.0 Å². The average molecular weight is 477 g/mol. The summed E-state index contributed by atoms with van der Waals surface area (Å²) in [6.45, 7) is 4.76. The molecule has 1 saturated heterocycles. The number of carbonyl (C=O) groups excluding carboxylic acids is 2. The largest absolute Gasteiger partial charge is 0.462 e. The quantitative estimate of drug-likeness (QED) is 0.593. The van der Waals surface area contributed by atoms with Crippen molar-refractivity contribution in [2.45, 2.75) is 56.8 Å². The SMILES string of the molecule is CCOC(=O)c1c(C2CC2)csc1NC(=O)c1cc(S(=O)(=O)N2CCCCC2)ccc1C. The molecule has 2 aromatic rings. The lowest BCUT2D eigenvalue weighted by atomic mass is 10.1. The molecule has 0 spiro atoms. The second-order valence-corrected chi connectivity index (χ2v) is 11.1. The maximum Gasteiger partial charge on any atom is 0.341 e. The summed E-state index contributed by atoms with van der Waals surface area (Å²) in [4.78, 5) is 25.8. The van der Waals surface area contributed by atoms with Crippen LogP contribution in [0.3, 0.4) is 0 Å². The third-order valence-corrected chi connectivity index (χ3v) is 8.76. The highest BCUT2D eigenvalue weighted by atomic mass is 32.2. The summed E-state index contributed by atoms with van der Waals surface area (Å²) < 4.78 is 32.8. The van der Waals surface area contributed by atoms with Gasteiger partial charge in [0, 0.05) is 18.7 Å². The van der Waals surface area contributed by atoms with E-state index in [0.29, 0.717) is 35.1 Å². The number of hydrogen-bond donors (Lipinski definition) is 1. The van der Waals surface area contributed by atoms with Crippen molar-refractivity contribution in [3.63, 3.8) is 0 Å². The lowest BCUT2D eigenvalue weighted by Crippen LogP contribution is -2.35. The van der Waals surface area contributed by atoms with Crippen LogP contribution in [-0.2, 0) is 14.8 Å². The lowest BCUT2D eigenvalue weighted by molar-refractivity contribution is 0.0527. The van der Waals surface area contributed by atoms with Gasteiger partial charge in [-0.05, 0) is 74.1 Å². The van der Waals surface area contributed by atoms with Gasteiger partial charge in [0.05, 0.1) is 17.1 Å². The number of benzene rings is 1. The minimum Gasteiger partial charge on any atom is -0.462 e. The number of piperidine rings is 1. The fourth-order valence-corrected chi connectivity index (χ4v) is 6.57.